The van der Waals surface area contributed by atoms with Gasteiger partial charge in [0, 0.05) is 17.1 Å². The fourth-order valence-electron chi connectivity index (χ4n) is 2.87. The minimum Gasteiger partial charge on any atom is -0.480 e. The van der Waals surface area contributed by atoms with Crippen molar-refractivity contribution in [2.45, 2.75) is 19.4 Å². The lowest BCUT2D eigenvalue weighted by atomic mass is 10.1. The standard InChI is InChI=1S/C19H16FNO3/c20-16-7-3-1-5-13(16)9-10-14-11-18(22)15-6-2-4-8-17(15)21(14)12-19(23)24/h1-8,11H,9-10,12H2,(H,23,24). The van der Waals surface area contributed by atoms with E-state index < -0.39 is 5.97 Å². The van der Waals surface area contributed by atoms with E-state index in [1.807, 2.05) is 0 Å². The van der Waals surface area contributed by atoms with Crippen LogP contribution < -0.4 is 5.43 Å². The number of fused-ring (bicyclic) bond motifs is 1. The lowest BCUT2D eigenvalue weighted by Crippen LogP contribution is -2.19. The number of hydrogen-bond acceptors (Lipinski definition) is 2. The van der Waals surface area contributed by atoms with E-state index >= 15 is 0 Å². The third-order valence-corrected chi connectivity index (χ3v) is 4.01. The normalized spacial score (nSPS) is 10.9. The van der Waals surface area contributed by atoms with Gasteiger partial charge in [-0.05, 0) is 36.6 Å². The molecule has 0 atom stereocenters. The van der Waals surface area contributed by atoms with Crippen molar-refractivity contribution in [3.8, 4) is 0 Å². The van der Waals surface area contributed by atoms with Crippen molar-refractivity contribution >= 4 is 16.9 Å². The van der Waals surface area contributed by atoms with Crippen LogP contribution in [0.3, 0.4) is 0 Å². The SMILES string of the molecule is O=C(O)Cn1c(CCc2ccccc2F)cc(=O)c2ccccc21. The molecule has 1 aromatic heterocycles. The van der Waals surface area contributed by atoms with E-state index in [2.05, 4.69) is 0 Å². The molecular weight excluding hydrogens is 309 g/mol. The predicted octanol–water partition coefficient (Wildman–Crippen LogP) is 3.01. The molecule has 122 valence electrons. The maximum atomic E-state index is 13.8. The zero-order valence-electron chi connectivity index (χ0n) is 12.9. The first kappa shape index (κ1) is 15.9. The largest absolute Gasteiger partial charge is 0.480 e. The van der Waals surface area contributed by atoms with E-state index in [9.17, 15) is 19.1 Å². The first-order valence-electron chi connectivity index (χ1n) is 7.63. The van der Waals surface area contributed by atoms with Crippen LogP contribution in [-0.2, 0) is 24.2 Å². The van der Waals surface area contributed by atoms with Crippen molar-refractivity contribution in [1.29, 1.82) is 0 Å². The summed E-state index contributed by atoms with van der Waals surface area (Å²) in [6.45, 7) is -0.243. The molecule has 4 nitrogen and oxygen atoms in total. The van der Waals surface area contributed by atoms with Crippen molar-refractivity contribution < 1.29 is 14.3 Å². The third kappa shape index (κ3) is 3.20. The number of halogens is 1. The molecule has 0 aliphatic rings. The molecule has 0 amide bonds. The molecular formula is C19H16FNO3. The maximum absolute atomic E-state index is 13.8. The Balaban J connectivity index is 2.04. The number of rotatable bonds is 5. The van der Waals surface area contributed by atoms with Crippen molar-refractivity contribution in [1.82, 2.24) is 4.57 Å². The van der Waals surface area contributed by atoms with Gasteiger partial charge in [-0.15, -0.1) is 0 Å². The van der Waals surface area contributed by atoms with Gasteiger partial charge in [-0.2, -0.15) is 0 Å². The van der Waals surface area contributed by atoms with Gasteiger partial charge in [0.15, 0.2) is 5.43 Å². The molecule has 0 aliphatic carbocycles. The van der Waals surface area contributed by atoms with Crippen LogP contribution in [0.4, 0.5) is 4.39 Å². The number of benzene rings is 2. The summed E-state index contributed by atoms with van der Waals surface area (Å²) < 4.78 is 15.4. The number of hydrogen-bond donors (Lipinski definition) is 1. The summed E-state index contributed by atoms with van der Waals surface area (Å²) in [5, 5.41) is 9.67. The Bertz CT molecular complexity index is 962. The molecule has 0 radical (unpaired) electrons. The van der Waals surface area contributed by atoms with Crippen LogP contribution in [0.2, 0.25) is 0 Å². The Kier molecular flexibility index (Phi) is 4.42. The quantitative estimate of drug-likeness (QED) is 0.784. The first-order chi connectivity index (χ1) is 11.6. The summed E-state index contributed by atoms with van der Waals surface area (Å²) in [6.07, 6.45) is 0.776. The number of carbonyl (C=O) groups is 1. The number of aromatic nitrogens is 1. The van der Waals surface area contributed by atoms with Gasteiger partial charge in [0.1, 0.15) is 12.4 Å². The summed E-state index contributed by atoms with van der Waals surface area (Å²) in [4.78, 5) is 23.5. The molecule has 5 heteroatoms. The highest BCUT2D eigenvalue weighted by atomic mass is 19.1. The number of carboxylic acids is 1. The molecule has 0 aliphatic heterocycles. The van der Waals surface area contributed by atoms with Crippen LogP contribution in [0, 0.1) is 5.82 Å². The molecule has 0 spiro atoms. The minimum atomic E-state index is -0.990. The Morgan fingerprint density at radius 1 is 1.04 bits per heavy atom. The Morgan fingerprint density at radius 2 is 1.75 bits per heavy atom. The highest BCUT2D eigenvalue weighted by Gasteiger charge is 2.12. The summed E-state index contributed by atoms with van der Waals surface area (Å²) in [7, 11) is 0. The average molecular weight is 325 g/mol. The summed E-state index contributed by atoms with van der Waals surface area (Å²) in [6, 6.07) is 14.8. The van der Waals surface area contributed by atoms with Crippen LogP contribution in [0.15, 0.2) is 59.4 Å². The minimum absolute atomic E-state index is 0.157. The molecule has 1 heterocycles. The monoisotopic (exact) mass is 325 g/mol. The number of aryl methyl sites for hydroxylation is 2. The Hall–Kier alpha value is -2.95. The number of pyridine rings is 1. The fourth-order valence-corrected chi connectivity index (χ4v) is 2.87. The zero-order valence-corrected chi connectivity index (χ0v) is 12.9. The van der Waals surface area contributed by atoms with Crippen LogP contribution >= 0.6 is 0 Å². The predicted molar refractivity (Wildman–Crippen MR) is 89.7 cm³/mol. The average Bonchev–Trinajstić information content (AvgIpc) is 2.57. The van der Waals surface area contributed by atoms with Gasteiger partial charge in [0.25, 0.3) is 0 Å². The first-order valence-corrected chi connectivity index (χ1v) is 7.63. The van der Waals surface area contributed by atoms with Crippen LogP contribution in [0.5, 0.6) is 0 Å². The number of nitrogens with zero attached hydrogens (tertiary/aromatic N) is 1. The highest BCUT2D eigenvalue weighted by Crippen LogP contribution is 2.16. The van der Waals surface area contributed by atoms with E-state index in [-0.39, 0.29) is 17.8 Å². The van der Waals surface area contributed by atoms with Crippen molar-refractivity contribution in [2.24, 2.45) is 0 Å². The number of para-hydroxylation sites is 1. The van der Waals surface area contributed by atoms with Gasteiger partial charge in [-0.25, -0.2) is 4.39 Å². The van der Waals surface area contributed by atoms with Crippen LogP contribution in [0.25, 0.3) is 10.9 Å². The smallest absolute Gasteiger partial charge is 0.323 e. The summed E-state index contributed by atoms with van der Waals surface area (Å²) in [5.41, 5.74) is 1.55. The maximum Gasteiger partial charge on any atom is 0.323 e. The lowest BCUT2D eigenvalue weighted by Gasteiger charge is -2.15. The molecule has 24 heavy (non-hydrogen) atoms. The summed E-state index contributed by atoms with van der Waals surface area (Å²) >= 11 is 0. The number of carboxylic acid groups (broad SMARTS) is 1. The second-order valence-corrected chi connectivity index (χ2v) is 5.59. The molecule has 0 saturated heterocycles. The van der Waals surface area contributed by atoms with E-state index in [0.717, 1.165) is 0 Å². The molecule has 1 N–H and O–H groups in total. The van der Waals surface area contributed by atoms with Gasteiger partial charge in [-0.3, -0.25) is 9.59 Å². The van der Waals surface area contributed by atoms with Gasteiger partial charge >= 0.3 is 5.97 Å². The second kappa shape index (κ2) is 6.66. The van der Waals surface area contributed by atoms with Gasteiger partial charge in [0.2, 0.25) is 0 Å². The molecule has 0 fully saturated rings. The van der Waals surface area contributed by atoms with E-state index in [0.29, 0.717) is 35.0 Å². The van der Waals surface area contributed by atoms with Crippen LogP contribution in [0.1, 0.15) is 11.3 Å². The molecule has 0 unspecified atom stereocenters. The van der Waals surface area contributed by atoms with Gasteiger partial charge in [-0.1, -0.05) is 30.3 Å². The highest BCUT2D eigenvalue weighted by molar-refractivity contribution is 5.81. The number of aliphatic carboxylic acids is 1. The fraction of sp³-hybridized carbons (Fsp3) is 0.158. The molecule has 3 rings (SSSR count). The Morgan fingerprint density at radius 3 is 2.50 bits per heavy atom. The van der Waals surface area contributed by atoms with Crippen LogP contribution in [-0.4, -0.2) is 15.6 Å². The van der Waals surface area contributed by atoms with E-state index in [4.69, 9.17) is 0 Å². The van der Waals surface area contributed by atoms with Crippen molar-refractivity contribution in [3.05, 3.63) is 81.9 Å². The van der Waals surface area contributed by atoms with Crippen molar-refractivity contribution in [3.63, 3.8) is 0 Å². The second-order valence-electron chi connectivity index (χ2n) is 5.59. The Labute approximate surface area is 137 Å². The molecule has 0 bridgehead atoms. The third-order valence-electron chi connectivity index (χ3n) is 4.01. The lowest BCUT2D eigenvalue weighted by molar-refractivity contribution is -0.137. The molecule has 3 aromatic rings. The van der Waals surface area contributed by atoms with Gasteiger partial charge < -0.3 is 9.67 Å². The zero-order chi connectivity index (χ0) is 17.1. The topological polar surface area (TPSA) is 59.3 Å². The van der Waals surface area contributed by atoms with Crippen molar-refractivity contribution in [2.75, 3.05) is 0 Å². The van der Waals surface area contributed by atoms with E-state index in [1.54, 1.807) is 47.0 Å². The molecule has 2 aromatic carbocycles. The van der Waals surface area contributed by atoms with E-state index in [1.165, 1.54) is 12.1 Å². The summed E-state index contributed by atoms with van der Waals surface area (Å²) in [5.74, 6) is -1.29. The van der Waals surface area contributed by atoms with Gasteiger partial charge in [0.05, 0.1) is 5.52 Å². The molecule has 0 saturated carbocycles.